The number of hydrogen-bond donors (Lipinski definition) is 0. The fraction of sp³-hybridized carbons (Fsp3) is 1.00. The third-order valence-electron chi connectivity index (χ3n) is 6.30. The minimum Gasteiger partial charge on any atom is -0.229 e. The highest BCUT2D eigenvalue weighted by molar-refractivity contribution is 5.47. The molecule has 0 heterocycles. The average Bonchev–Trinajstić information content (AvgIpc) is 2.72. The minimum absolute atomic E-state index is 8.92. The highest BCUT2D eigenvalue weighted by Crippen LogP contribution is 2.83. The molecule has 0 saturated heterocycles. The van der Waals surface area contributed by atoms with E-state index in [4.69, 9.17) is 0 Å². The number of rotatable bonds is 2. The van der Waals surface area contributed by atoms with Gasteiger partial charge < -0.3 is 0 Å². The largest absolute Gasteiger partial charge is 0.437 e. The van der Waals surface area contributed by atoms with Gasteiger partial charge in [0, 0.05) is 0 Å². The van der Waals surface area contributed by atoms with Crippen molar-refractivity contribution in [3.05, 3.63) is 0 Å². The van der Waals surface area contributed by atoms with E-state index in [0.29, 0.717) is 0 Å². The first-order chi connectivity index (χ1) is 16.8. The van der Waals surface area contributed by atoms with E-state index in [1.807, 2.05) is 0 Å². The molecule has 0 nitrogen and oxygen atoms in total. The van der Waals surface area contributed by atoms with Crippen LogP contribution in [-0.4, -0.2) is 82.4 Å². The van der Waals surface area contributed by atoms with Crippen LogP contribution in [0.1, 0.15) is 0 Å². The van der Waals surface area contributed by atoms with E-state index in [0.717, 1.165) is 0 Å². The maximum Gasteiger partial charge on any atom is 0.437 e. The Labute approximate surface area is 198 Å². The molecule has 0 aromatic rings. The van der Waals surface area contributed by atoms with Crippen LogP contribution in [0.15, 0.2) is 0 Å². The van der Waals surface area contributed by atoms with Crippen molar-refractivity contribution in [2.75, 3.05) is 0 Å². The number of halogens is 26. The number of alkyl halides is 26. The van der Waals surface area contributed by atoms with E-state index in [9.17, 15) is 105 Å². The van der Waals surface area contributed by atoms with Gasteiger partial charge in [-0.25, -0.2) is 17.6 Å². The summed E-state index contributed by atoms with van der Waals surface area (Å²) >= 11 is 0. The maximum absolute atomic E-state index is 15.2. The Kier molecular flexibility index (Phi) is 6.19. The molecule has 0 N–H and O–H groups in total. The van der Waals surface area contributed by atoms with E-state index in [2.05, 4.69) is 0 Å². The van der Waals surface area contributed by atoms with Gasteiger partial charge in [-0.05, 0) is 0 Å². The van der Waals surface area contributed by atoms with Crippen LogP contribution >= 0.6 is 0 Å². The van der Waals surface area contributed by atoms with Crippen LogP contribution in [0, 0.1) is 0 Å². The number of fused-ring (bicyclic) bond motifs is 1. The monoisotopic (exact) mass is 662 g/mol. The van der Waals surface area contributed by atoms with Gasteiger partial charge in [-0.3, -0.25) is 0 Å². The summed E-state index contributed by atoms with van der Waals surface area (Å²) in [5.74, 6) is -75.6. The highest BCUT2D eigenvalue weighted by Gasteiger charge is 3.18. The zero-order valence-electron chi connectivity index (χ0n) is 16.8. The Morgan fingerprint density at radius 2 is 0.500 bits per heavy atom. The lowest BCUT2D eigenvalue weighted by atomic mass is 9.48. The Bertz CT molecular complexity index is 1030. The summed E-state index contributed by atoms with van der Waals surface area (Å²) in [6.45, 7) is 0. The van der Waals surface area contributed by atoms with Crippen molar-refractivity contribution < 1.29 is 114 Å². The second-order valence-electron chi connectivity index (χ2n) is 8.22. The van der Waals surface area contributed by atoms with Crippen molar-refractivity contribution in [3.8, 4) is 0 Å². The van der Waals surface area contributed by atoms with Gasteiger partial charge in [-0.15, -0.1) is 0 Å². The van der Waals surface area contributed by atoms with Crippen LogP contribution in [-0.2, 0) is 0 Å². The van der Waals surface area contributed by atoms with Gasteiger partial charge in [0.25, 0.3) is 17.0 Å². The van der Waals surface area contributed by atoms with Crippen molar-refractivity contribution in [2.24, 2.45) is 0 Å². The molecule has 0 aliphatic heterocycles. The quantitative estimate of drug-likeness (QED) is 0.263. The van der Waals surface area contributed by atoms with Crippen molar-refractivity contribution >= 4 is 0 Å². The normalized spacial score (nSPS) is 38.0. The average molecular weight is 662 g/mol. The fourth-order valence-electron chi connectivity index (χ4n) is 4.14. The molecule has 0 aromatic carbocycles. The molecule has 3 unspecified atom stereocenters. The Morgan fingerprint density at radius 3 is 0.750 bits per heavy atom. The van der Waals surface area contributed by atoms with Gasteiger partial charge in [0.2, 0.25) is 0 Å². The van der Waals surface area contributed by atoms with Gasteiger partial charge in [0.1, 0.15) is 0 Å². The topological polar surface area (TPSA) is 0 Å². The van der Waals surface area contributed by atoms with Crippen LogP contribution in [0.4, 0.5) is 114 Å². The second kappa shape index (κ2) is 7.21. The summed E-state index contributed by atoms with van der Waals surface area (Å²) in [6.07, 6.45) is -18.0. The maximum atomic E-state index is 15.2. The number of hydrogen-bond acceptors (Lipinski definition) is 0. The SMILES string of the molecule is FC(F)(F)C(F)(C(F)(F)F)C(F)(F)C1(F)C(F)(F)C(F)(F)C(F)(F)C2(F)C(F)(F)C(F)(F)C(F)(F)C(F)(F)C21F. The second-order valence-corrected chi connectivity index (χ2v) is 8.22. The highest BCUT2D eigenvalue weighted by atomic mass is 19.4. The molecule has 0 spiro atoms. The lowest BCUT2D eigenvalue weighted by Crippen LogP contribution is -3.02. The lowest BCUT2D eigenvalue weighted by Gasteiger charge is -2.66. The van der Waals surface area contributed by atoms with Gasteiger partial charge in [-0.2, -0.15) is 96.6 Å². The molecular formula is C14F26. The standard InChI is InChI=1S/C14F26/c15-1-2(16,5(19,20)4(18,13(35,36)37)14(38,39)40)7(23,24)10(29,30)8(25,26)3(1,17)9(27,28)12(33,34)11(31,32)6(1,21)22. The fourth-order valence-corrected chi connectivity index (χ4v) is 4.14. The molecule has 0 amide bonds. The van der Waals surface area contributed by atoms with Crippen LogP contribution in [0.3, 0.4) is 0 Å². The summed E-state index contributed by atoms with van der Waals surface area (Å²) < 4.78 is 359. The zero-order chi connectivity index (χ0) is 33.0. The molecule has 238 valence electrons. The predicted molar refractivity (Wildman–Crippen MR) is 67.0 cm³/mol. The van der Waals surface area contributed by atoms with Crippen molar-refractivity contribution in [1.29, 1.82) is 0 Å². The molecule has 2 aliphatic rings. The third-order valence-corrected chi connectivity index (χ3v) is 6.30. The van der Waals surface area contributed by atoms with Gasteiger partial charge in [-0.1, -0.05) is 0 Å². The van der Waals surface area contributed by atoms with E-state index in [-0.39, 0.29) is 0 Å². The van der Waals surface area contributed by atoms with Crippen molar-refractivity contribution in [3.63, 3.8) is 0 Å². The van der Waals surface area contributed by atoms with Crippen LogP contribution < -0.4 is 0 Å². The Balaban J connectivity index is 3.53. The third kappa shape index (κ3) is 2.52. The molecule has 2 fully saturated rings. The summed E-state index contributed by atoms with van der Waals surface area (Å²) in [7, 11) is 0. The van der Waals surface area contributed by atoms with E-state index < -0.39 is 82.4 Å². The molecule has 2 rings (SSSR count). The Hall–Kier alpha value is -1.82. The van der Waals surface area contributed by atoms with Gasteiger partial charge >= 0.3 is 65.4 Å². The summed E-state index contributed by atoms with van der Waals surface area (Å²) in [5.41, 5.74) is -39.9. The first-order valence-corrected chi connectivity index (χ1v) is 8.66. The first-order valence-electron chi connectivity index (χ1n) is 8.66. The molecule has 0 bridgehead atoms. The van der Waals surface area contributed by atoms with Gasteiger partial charge in [0.05, 0.1) is 0 Å². The van der Waals surface area contributed by atoms with E-state index in [1.54, 1.807) is 0 Å². The molecule has 2 saturated carbocycles. The smallest absolute Gasteiger partial charge is 0.229 e. The molecule has 0 aromatic heterocycles. The molecule has 2 aliphatic carbocycles. The predicted octanol–water partition coefficient (Wildman–Crippen LogP) is 8.05. The summed E-state index contributed by atoms with van der Waals surface area (Å²) in [4.78, 5) is 0. The van der Waals surface area contributed by atoms with Gasteiger partial charge in [0.15, 0.2) is 0 Å². The summed E-state index contributed by atoms with van der Waals surface area (Å²) in [5, 5.41) is 0. The first kappa shape index (κ1) is 34.4. The molecule has 26 heteroatoms. The van der Waals surface area contributed by atoms with Crippen molar-refractivity contribution in [1.82, 2.24) is 0 Å². The molecule has 0 radical (unpaired) electrons. The van der Waals surface area contributed by atoms with Crippen LogP contribution in [0.25, 0.3) is 0 Å². The summed E-state index contributed by atoms with van der Waals surface area (Å²) in [6, 6.07) is 0. The van der Waals surface area contributed by atoms with Crippen LogP contribution in [0.2, 0.25) is 0 Å². The molecular weight excluding hydrogens is 662 g/mol. The van der Waals surface area contributed by atoms with E-state index >= 15 is 8.78 Å². The minimum atomic E-state index is -10.3. The Morgan fingerprint density at radius 1 is 0.275 bits per heavy atom. The molecule has 3 atom stereocenters. The molecule has 40 heavy (non-hydrogen) atoms. The van der Waals surface area contributed by atoms with Crippen LogP contribution in [0.5, 0.6) is 0 Å². The van der Waals surface area contributed by atoms with E-state index in [1.165, 1.54) is 0 Å². The zero-order valence-corrected chi connectivity index (χ0v) is 16.8. The van der Waals surface area contributed by atoms with Crippen molar-refractivity contribution in [2.45, 2.75) is 82.4 Å². The lowest BCUT2D eigenvalue weighted by molar-refractivity contribution is -0.568.